The number of ether oxygens (including phenoxy) is 1. The lowest BCUT2D eigenvalue weighted by Gasteiger charge is -2.27. The molecule has 1 fully saturated rings. The number of benzene rings is 3. The highest BCUT2D eigenvalue weighted by Crippen LogP contribution is 2.43. The van der Waals surface area contributed by atoms with Gasteiger partial charge in [0.15, 0.2) is 5.78 Å². The fourth-order valence-corrected chi connectivity index (χ4v) is 4.35. The summed E-state index contributed by atoms with van der Waals surface area (Å²) in [4.78, 5) is 51.5. The maximum atomic E-state index is 13.5. The highest BCUT2D eigenvalue weighted by atomic mass is 35.5. The number of rotatable bonds is 6. The van der Waals surface area contributed by atoms with Crippen molar-refractivity contribution in [1.29, 1.82) is 0 Å². The van der Waals surface area contributed by atoms with Crippen molar-refractivity contribution in [2.75, 3.05) is 12.0 Å². The third-order valence-corrected chi connectivity index (χ3v) is 6.10. The van der Waals surface area contributed by atoms with Crippen molar-refractivity contribution < 1.29 is 24.0 Å². The van der Waals surface area contributed by atoms with Crippen LogP contribution in [0.3, 0.4) is 0 Å². The number of Topliss-reactive ketones (excluding diaryl/α,β-unsaturated/α-hetero) is 2. The minimum absolute atomic E-state index is 0.0473. The molecule has 0 spiro atoms. The number of nitro groups is 1. The molecule has 0 bridgehead atoms. The summed E-state index contributed by atoms with van der Waals surface area (Å²) in [5, 5.41) is 11.8. The Labute approximate surface area is 203 Å². The fraction of sp³-hybridized carbons (Fsp3) is 0.125. The summed E-state index contributed by atoms with van der Waals surface area (Å²) in [6.07, 6.45) is 0. The average Bonchev–Trinajstić information content (AvgIpc) is 3.09. The maximum Gasteiger partial charge on any atom is 0.295 e. The molecule has 8 nitrogen and oxygen atoms in total. The summed E-state index contributed by atoms with van der Waals surface area (Å²) in [6.45, 7) is 0. The molecule has 1 aliphatic rings. The number of ketones is 2. The van der Waals surface area contributed by atoms with Crippen LogP contribution in [0.25, 0.3) is 0 Å². The van der Waals surface area contributed by atoms with Gasteiger partial charge in [-0.1, -0.05) is 47.5 Å². The number of nitro benzene ring substituents is 1. The number of carbonyl (C=O) groups is 3. The predicted molar refractivity (Wildman–Crippen MR) is 126 cm³/mol. The molecule has 10 heteroatoms. The normalized spacial score (nSPS) is 17.7. The molecule has 1 saturated heterocycles. The van der Waals surface area contributed by atoms with Gasteiger partial charge in [-0.05, 0) is 35.9 Å². The monoisotopic (exact) mass is 498 g/mol. The van der Waals surface area contributed by atoms with Gasteiger partial charge in [0.25, 0.3) is 11.6 Å². The van der Waals surface area contributed by atoms with Crippen LogP contribution < -0.4 is 9.64 Å². The first-order valence-corrected chi connectivity index (χ1v) is 10.7. The molecule has 0 aliphatic carbocycles. The first kappa shape index (κ1) is 23.4. The number of methoxy groups -OCH3 is 1. The van der Waals surface area contributed by atoms with Crippen LogP contribution in [0.2, 0.25) is 10.0 Å². The van der Waals surface area contributed by atoms with Crippen molar-refractivity contribution in [1.82, 2.24) is 0 Å². The molecule has 1 heterocycles. The molecule has 1 amide bonds. The van der Waals surface area contributed by atoms with Crippen LogP contribution in [0, 0.1) is 16.0 Å². The van der Waals surface area contributed by atoms with Gasteiger partial charge < -0.3 is 4.74 Å². The first-order valence-electron chi connectivity index (χ1n) is 9.98. The SMILES string of the molecule is COc1ccc(N2C(=O)C(=O)C(C(=O)c3cccc([N+](=O)[O-])c3)C2c2ccc(Cl)cc2)cc1Cl. The van der Waals surface area contributed by atoms with E-state index in [0.29, 0.717) is 22.0 Å². The zero-order chi connectivity index (χ0) is 24.6. The summed E-state index contributed by atoms with van der Waals surface area (Å²) in [7, 11) is 1.44. The summed E-state index contributed by atoms with van der Waals surface area (Å²) in [5.41, 5.74) is 0.427. The molecule has 1 aliphatic heterocycles. The fourth-order valence-electron chi connectivity index (χ4n) is 3.97. The second kappa shape index (κ2) is 9.24. The number of amides is 1. The summed E-state index contributed by atoms with van der Waals surface area (Å²) in [6, 6.07) is 15.0. The number of hydrogen-bond donors (Lipinski definition) is 0. The van der Waals surface area contributed by atoms with Crippen LogP contribution in [-0.2, 0) is 9.59 Å². The van der Waals surface area contributed by atoms with Crippen molar-refractivity contribution >= 4 is 52.1 Å². The molecule has 3 aromatic carbocycles. The Hall–Kier alpha value is -3.75. The maximum absolute atomic E-state index is 13.5. The van der Waals surface area contributed by atoms with Crippen molar-refractivity contribution in [3.8, 4) is 5.75 Å². The quantitative estimate of drug-likeness (QED) is 0.154. The zero-order valence-corrected chi connectivity index (χ0v) is 19.1. The molecule has 4 rings (SSSR count). The molecule has 0 radical (unpaired) electrons. The first-order chi connectivity index (χ1) is 16.2. The van der Waals surface area contributed by atoms with Gasteiger partial charge in [0, 0.05) is 28.4 Å². The highest BCUT2D eigenvalue weighted by molar-refractivity contribution is 6.49. The third-order valence-electron chi connectivity index (χ3n) is 5.55. The second-order valence-corrected chi connectivity index (χ2v) is 8.35. The van der Waals surface area contributed by atoms with Crippen molar-refractivity contribution in [3.05, 3.63) is 98.0 Å². The lowest BCUT2D eigenvalue weighted by Crippen LogP contribution is -2.30. The van der Waals surface area contributed by atoms with Gasteiger partial charge in [-0.25, -0.2) is 0 Å². The van der Waals surface area contributed by atoms with Gasteiger partial charge in [-0.15, -0.1) is 0 Å². The van der Waals surface area contributed by atoms with Crippen molar-refractivity contribution in [2.24, 2.45) is 5.92 Å². The Bertz CT molecular complexity index is 1330. The Morgan fingerprint density at radius 2 is 1.74 bits per heavy atom. The van der Waals surface area contributed by atoms with Gasteiger partial charge >= 0.3 is 0 Å². The van der Waals surface area contributed by atoms with Crippen LogP contribution in [0.5, 0.6) is 5.75 Å². The number of nitrogens with zero attached hydrogens (tertiary/aromatic N) is 2. The van der Waals surface area contributed by atoms with E-state index in [4.69, 9.17) is 27.9 Å². The Morgan fingerprint density at radius 1 is 1.03 bits per heavy atom. The molecular weight excluding hydrogens is 483 g/mol. The lowest BCUT2D eigenvalue weighted by atomic mass is 9.86. The van der Waals surface area contributed by atoms with E-state index in [1.54, 1.807) is 36.4 Å². The number of anilines is 1. The molecule has 0 saturated carbocycles. The Balaban J connectivity index is 1.86. The van der Waals surface area contributed by atoms with E-state index in [1.807, 2.05) is 0 Å². The highest BCUT2D eigenvalue weighted by Gasteiger charge is 2.52. The molecular formula is C24H16Cl2N2O6. The van der Waals surface area contributed by atoms with E-state index in [0.717, 1.165) is 6.07 Å². The third kappa shape index (κ3) is 4.13. The zero-order valence-electron chi connectivity index (χ0n) is 17.6. The largest absolute Gasteiger partial charge is 0.495 e. The van der Waals surface area contributed by atoms with Gasteiger partial charge in [-0.2, -0.15) is 0 Å². The molecule has 172 valence electrons. The summed E-state index contributed by atoms with van der Waals surface area (Å²) in [5.74, 6) is -3.59. The smallest absolute Gasteiger partial charge is 0.295 e. The average molecular weight is 499 g/mol. The molecule has 2 atom stereocenters. The summed E-state index contributed by atoms with van der Waals surface area (Å²) >= 11 is 12.3. The van der Waals surface area contributed by atoms with Crippen LogP contribution in [-0.4, -0.2) is 29.5 Å². The van der Waals surface area contributed by atoms with Gasteiger partial charge in [-0.3, -0.25) is 29.4 Å². The lowest BCUT2D eigenvalue weighted by molar-refractivity contribution is -0.384. The number of hydrogen-bond acceptors (Lipinski definition) is 6. The van der Waals surface area contributed by atoms with Crippen LogP contribution in [0.1, 0.15) is 22.0 Å². The molecule has 0 N–H and O–H groups in total. The molecule has 2 unspecified atom stereocenters. The molecule has 3 aromatic rings. The van der Waals surface area contributed by atoms with E-state index >= 15 is 0 Å². The van der Waals surface area contributed by atoms with E-state index in [9.17, 15) is 24.5 Å². The molecule has 34 heavy (non-hydrogen) atoms. The summed E-state index contributed by atoms with van der Waals surface area (Å²) < 4.78 is 5.16. The van der Waals surface area contributed by atoms with Crippen molar-refractivity contribution in [2.45, 2.75) is 6.04 Å². The van der Waals surface area contributed by atoms with Gasteiger partial charge in [0.2, 0.25) is 5.78 Å². The standard InChI is InChI=1S/C24H16Cl2N2O6/c1-34-19-10-9-16(12-18(19)26)27-21(13-5-7-15(25)8-6-13)20(23(30)24(27)31)22(29)14-3-2-4-17(11-14)28(32)33/h2-12,20-21H,1H3. The minimum atomic E-state index is -1.43. The number of carbonyl (C=O) groups excluding carboxylic acids is 3. The topological polar surface area (TPSA) is 107 Å². The second-order valence-electron chi connectivity index (χ2n) is 7.50. The van der Waals surface area contributed by atoms with E-state index in [1.165, 1.54) is 36.3 Å². The van der Waals surface area contributed by atoms with E-state index in [2.05, 4.69) is 0 Å². The minimum Gasteiger partial charge on any atom is -0.495 e. The number of non-ortho nitro benzene ring substituents is 1. The van der Waals surface area contributed by atoms with Gasteiger partial charge in [0.05, 0.1) is 23.1 Å². The predicted octanol–water partition coefficient (Wildman–Crippen LogP) is 5.07. The van der Waals surface area contributed by atoms with Crippen LogP contribution >= 0.6 is 23.2 Å². The van der Waals surface area contributed by atoms with Crippen molar-refractivity contribution in [3.63, 3.8) is 0 Å². The van der Waals surface area contributed by atoms with E-state index in [-0.39, 0.29) is 16.3 Å². The van der Waals surface area contributed by atoms with Gasteiger partial charge in [0.1, 0.15) is 11.7 Å². The Kier molecular flexibility index (Phi) is 6.37. The van der Waals surface area contributed by atoms with E-state index < -0.39 is 34.4 Å². The van der Waals surface area contributed by atoms with Crippen LogP contribution in [0.4, 0.5) is 11.4 Å². The molecule has 0 aromatic heterocycles. The Morgan fingerprint density at radius 3 is 2.35 bits per heavy atom. The van der Waals surface area contributed by atoms with Crippen LogP contribution in [0.15, 0.2) is 66.7 Å². The number of halogens is 2.